The van der Waals surface area contributed by atoms with Crippen molar-refractivity contribution in [1.29, 1.82) is 0 Å². The first-order chi connectivity index (χ1) is 11.0. The topological polar surface area (TPSA) is 114 Å². The maximum absolute atomic E-state index is 11.8. The molecule has 9 heteroatoms. The van der Waals surface area contributed by atoms with Crippen molar-refractivity contribution in [3.63, 3.8) is 0 Å². The highest BCUT2D eigenvalue weighted by molar-refractivity contribution is 7.80. The van der Waals surface area contributed by atoms with Crippen molar-refractivity contribution in [1.82, 2.24) is 5.32 Å². The van der Waals surface area contributed by atoms with Crippen LogP contribution in [-0.4, -0.2) is 19.9 Å². The van der Waals surface area contributed by atoms with Crippen molar-refractivity contribution in [2.45, 2.75) is 6.54 Å². The second-order valence-corrected chi connectivity index (χ2v) is 5.58. The van der Waals surface area contributed by atoms with Gasteiger partial charge >= 0.3 is 6.03 Å². The lowest BCUT2D eigenvalue weighted by Gasteiger charge is -2.14. The van der Waals surface area contributed by atoms with Crippen LogP contribution >= 0.6 is 11.6 Å². The van der Waals surface area contributed by atoms with E-state index in [1.165, 1.54) is 18.2 Å². The van der Waals surface area contributed by atoms with Crippen LogP contribution in [0.3, 0.4) is 0 Å². The number of para-hydroxylation sites is 1. The molecule has 7 nitrogen and oxygen atoms in total. The fraction of sp³-hybridized carbons (Fsp3) is 0.0714. The van der Waals surface area contributed by atoms with Crippen LogP contribution in [0.5, 0.6) is 5.75 Å². The van der Waals surface area contributed by atoms with Crippen molar-refractivity contribution < 1.29 is 18.7 Å². The van der Waals surface area contributed by atoms with Crippen LogP contribution in [0.15, 0.2) is 42.5 Å². The first-order valence-electron chi connectivity index (χ1n) is 6.43. The lowest BCUT2D eigenvalue weighted by Crippen LogP contribution is -2.28. The fourth-order valence-corrected chi connectivity index (χ4v) is 2.24. The SMILES string of the molecule is O=C(NCc1ccc(Cl)cc1)Nc1cccc(NS(=O)[O-])c1O. The Labute approximate surface area is 140 Å². The first-order valence-corrected chi connectivity index (χ1v) is 7.88. The Bertz CT molecular complexity index is 724. The van der Waals surface area contributed by atoms with Gasteiger partial charge in [0.25, 0.3) is 0 Å². The molecule has 2 aromatic carbocycles. The number of hydrogen-bond acceptors (Lipinski definition) is 4. The van der Waals surface area contributed by atoms with Gasteiger partial charge in [0.1, 0.15) is 0 Å². The van der Waals surface area contributed by atoms with Gasteiger partial charge in [0, 0.05) is 22.8 Å². The minimum atomic E-state index is -2.58. The Morgan fingerprint density at radius 1 is 1.17 bits per heavy atom. The Kier molecular flexibility index (Phi) is 5.80. The van der Waals surface area contributed by atoms with Crippen LogP contribution in [0, 0.1) is 0 Å². The minimum absolute atomic E-state index is 0.0335. The van der Waals surface area contributed by atoms with Gasteiger partial charge in [-0.2, -0.15) is 0 Å². The van der Waals surface area contributed by atoms with Crippen molar-refractivity contribution >= 4 is 40.3 Å². The van der Waals surface area contributed by atoms with Gasteiger partial charge in [0.05, 0.1) is 11.4 Å². The Morgan fingerprint density at radius 3 is 2.48 bits per heavy atom. The maximum Gasteiger partial charge on any atom is 0.319 e. The number of phenols is 1. The van der Waals surface area contributed by atoms with Gasteiger partial charge in [-0.1, -0.05) is 29.8 Å². The summed E-state index contributed by atoms with van der Waals surface area (Å²) in [5, 5.41) is 15.6. The molecule has 0 bridgehead atoms. The highest BCUT2D eigenvalue weighted by Gasteiger charge is 2.09. The number of carbonyl (C=O) groups excluding carboxylic acids is 1. The highest BCUT2D eigenvalue weighted by Crippen LogP contribution is 2.31. The van der Waals surface area contributed by atoms with E-state index in [4.69, 9.17) is 11.6 Å². The molecule has 0 heterocycles. The smallest absolute Gasteiger partial charge is 0.319 e. The maximum atomic E-state index is 11.8. The third kappa shape index (κ3) is 5.13. The number of phenolic OH excluding ortho intramolecular Hbond substituents is 1. The number of carbonyl (C=O) groups is 1. The zero-order valence-corrected chi connectivity index (χ0v) is 13.3. The van der Waals surface area contributed by atoms with Crippen LogP contribution in [0.4, 0.5) is 16.2 Å². The van der Waals surface area contributed by atoms with Crippen LogP contribution in [0.1, 0.15) is 5.56 Å². The van der Waals surface area contributed by atoms with Crippen molar-refractivity contribution in [2.75, 3.05) is 10.0 Å². The molecule has 2 amide bonds. The number of benzene rings is 2. The zero-order chi connectivity index (χ0) is 16.8. The molecule has 0 saturated heterocycles. The molecular weight excluding hydrogens is 342 g/mol. The van der Waals surface area contributed by atoms with Gasteiger partial charge in [-0.05, 0) is 29.8 Å². The van der Waals surface area contributed by atoms with E-state index in [1.807, 2.05) is 4.72 Å². The number of urea groups is 1. The first kappa shape index (κ1) is 17.1. The molecule has 1 unspecified atom stereocenters. The predicted molar refractivity (Wildman–Crippen MR) is 88.0 cm³/mol. The van der Waals surface area contributed by atoms with Crippen LogP contribution in [0.25, 0.3) is 0 Å². The summed E-state index contributed by atoms with van der Waals surface area (Å²) in [4.78, 5) is 11.8. The molecule has 0 aliphatic heterocycles. The largest absolute Gasteiger partial charge is 0.755 e. The summed E-state index contributed by atoms with van der Waals surface area (Å²) in [5.41, 5.74) is 0.897. The number of amides is 2. The van der Waals surface area contributed by atoms with Crippen molar-refractivity contribution in [3.8, 4) is 5.75 Å². The predicted octanol–water partition coefficient (Wildman–Crippen LogP) is 2.57. The molecule has 0 saturated carbocycles. The van der Waals surface area contributed by atoms with E-state index in [-0.39, 0.29) is 23.7 Å². The van der Waals surface area contributed by atoms with Crippen LogP contribution < -0.4 is 15.4 Å². The number of aromatic hydroxyl groups is 1. The molecule has 2 rings (SSSR count). The molecule has 1 atom stereocenters. The molecule has 0 aliphatic carbocycles. The molecule has 0 aliphatic rings. The molecular formula is C14H13ClN3O4S-. The number of halogens is 1. The monoisotopic (exact) mass is 354 g/mol. The summed E-state index contributed by atoms with van der Waals surface area (Å²) in [7, 11) is 0. The second kappa shape index (κ2) is 7.82. The van der Waals surface area contributed by atoms with Crippen molar-refractivity contribution in [2.24, 2.45) is 0 Å². The third-order valence-corrected chi connectivity index (χ3v) is 3.48. The summed E-state index contributed by atoms with van der Waals surface area (Å²) < 4.78 is 23.2. The number of rotatable bonds is 5. The highest BCUT2D eigenvalue weighted by atomic mass is 35.5. The summed E-state index contributed by atoms with van der Waals surface area (Å²) in [6, 6.07) is 10.7. The van der Waals surface area contributed by atoms with Gasteiger partial charge in [0.15, 0.2) is 5.75 Å². The van der Waals surface area contributed by atoms with Gasteiger partial charge in [-0.25, -0.2) is 4.79 Å². The van der Waals surface area contributed by atoms with Gasteiger partial charge in [-0.3, -0.25) is 4.21 Å². The molecule has 2 aromatic rings. The summed E-state index contributed by atoms with van der Waals surface area (Å²) in [6.07, 6.45) is 0. The van der Waals surface area contributed by atoms with E-state index in [1.54, 1.807) is 24.3 Å². The molecule has 0 radical (unpaired) electrons. The van der Waals surface area contributed by atoms with E-state index in [2.05, 4.69) is 10.6 Å². The van der Waals surface area contributed by atoms with Crippen LogP contribution in [0.2, 0.25) is 5.02 Å². The summed E-state index contributed by atoms with van der Waals surface area (Å²) >= 11 is 3.20. The number of nitrogens with one attached hydrogen (secondary N) is 3. The average molecular weight is 355 g/mol. The van der Waals surface area contributed by atoms with E-state index < -0.39 is 17.3 Å². The van der Waals surface area contributed by atoms with Gasteiger partial charge in [0.2, 0.25) is 0 Å². The van der Waals surface area contributed by atoms with Gasteiger partial charge < -0.3 is 25.0 Å². The minimum Gasteiger partial charge on any atom is -0.755 e. The quantitative estimate of drug-likeness (QED) is 0.488. The van der Waals surface area contributed by atoms with Crippen molar-refractivity contribution in [3.05, 3.63) is 53.1 Å². The zero-order valence-electron chi connectivity index (χ0n) is 11.7. The second-order valence-electron chi connectivity index (χ2n) is 4.47. The Hall–Kier alpha value is -2.29. The molecule has 4 N–H and O–H groups in total. The van der Waals surface area contributed by atoms with E-state index in [9.17, 15) is 18.7 Å². The number of anilines is 2. The summed E-state index contributed by atoms with van der Waals surface area (Å²) in [6.45, 7) is 0.270. The Balaban J connectivity index is 1.97. The van der Waals surface area contributed by atoms with E-state index in [0.29, 0.717) is 5.02 Å². The summed E-state index contributed by atoms with van der Waals surface area (Å²) in [5.74, 6) is -0.377. The molecule has 0 spiro atoms. The van der Waals surface area contributed by atoms with E-state index in [0.717, 1.165) is 5.56 Å². The molecule has 23 heavy (non-hydrogen) atoms. The average Bonchev–Trinajstić information content (AvgIpc) is 2.50. The molecule has 0 aromatic heterocycles. The fourth-order valence-electron chi connectivity index (χ4n) is 1.77. The lowest BCUT2D eigenvalue weighted by molar-refractivity contribution is 0.251. The van der Waals surface area contributed by atoms with Crippen LogP contribution in [-0.2, 0) is 17.8 Å². The Morgan fingerprint density at radius 2 is 1.83 bits per heavy atom. The normalized spacial score (nSPS) is 11.6. The van der Waals surface area contributed by atoms with E-state index >= 15 is 0 Å². The molecule has 0 fully saturated rings. The van der Waals surface area contributed by atoms with Gasteiger partial charge in [-0.15, -0.1) is 0 Å². The standard InChI is InChI=1S/C14H14ClN3O4S/c15-10-6-4-9(5-7-10)8-16-14(20)17-11-2-1-3-12(13(11)19)18-23(21)22/h1-7,18-19H,8H2,(H,21,22)(H2,16,17,20)/p-1. The number of hydrogen-bond donors (Lipinski definition) is 4. The lowest BCUT2D eigenvalue weighted by atomic mass is 10.2. The molecule has 122 valence electrons. The third-order valence-electron chi connectivity index (χ3n) is 2.84.